The van der Waals surface area contributed by atoms with Crippen LogP contribution in [0.5, 0.6) is 5.75 Å². The number of rotatable bonds is 3. The standard InChI is InChI=1S/C11H11F2N5O/c12-11(13)19-9-1-2-10(14-6-9)17-3-4-18-8(7-17)5-15-16-18/h1-2,5-6,11H,3-4,7H2. The first-order valence-electron chi connectivity index (χ1n) is 5.75. The fraction of sp³-hybridized carbons (Fsp3) is 0.364. The minimum atomic E-state index is -2.83. The molecule has 6 nitrogen and oxygen atoms in total. The molecule has 0 fully saturated rings. The van der Waals surface area contributed by atoms with Crippen molar-refractivity contribution in [3.63, 3.8) is 0 Å². The molecule has 19 heavy (non-hydrogen) atoms. The number of halogens is 2. The zero-order valence-corrected chi connectivity index (χ0v) is 9.91. The summed E-state index contributed by atoms with van der Waals surface area (Å²) in [5.41, 5.74) is 1.00. The van der Waals surface area contributed by atoms with Crippen LogP contribution >= 0.6 is 0 Å². The molecule has 8 heteroatoms. The summed E-state index contributed by atoms with van der Waals surface area (Å²) in [6.07, 6.45) is 3.01. The molecular formula is C11H11F2N5O. The normalized spacial score (nSPS) is 14.6. The molecule has 3 rings (SSSR count). The highest BCUT2D eigenvalue weighted by atomic mass is 19.3. The average Bonchev–Trinajstić information content (AvgIpc) is 2.86. The molecule has 0 spiro atoms. The maximum atomic E-state index is 12.0. The van der Waals surface area contributed by atoms with Gasteiger partial charge < -0.3 is 9.64 Å². The van der Waals surface area contributed by atoms with Gasteiger partial charge in [-0.1, -0.05) is 5.21 Å². The Morgan fingerprint density at radius 3 is 2.84 bits per heavy atom. The Morgan fingerprint density at radius 2 is 2.11 bits per heavy atom. The Kier molecular flexibility index (Phi) is 2.98. The molecule has 100 valence electrons. The maximum absolute atomic E-state index is 12.0. The van der Waals surface area contributed by atoms with E-state index in [-0.39, 0.29) is 5.75 Å². The molecule has 0 atom stereocenters. The fourth-order valence-corrected chi connectivity index (χ4v) is 2.01. The van der Waals surface area contributed by atoms with Crippen LogP contribution in [0.1, 0.15) is 5.69 Å². The molecular weight excluding hydrogens is 256 g/mol. The summed E-state index contributed by atoms with van der Waals surface area (Å²) in [6.45, 7) is -0.706. The molecule has 0 N–H and O–H groups in total. The van der Waals surface area contributed by atoms with E-state index >= 15 is 0 Å². The van der Waals surface area contributed by atoms with Crippen LogP contribution in [0.15, 0.2) is 24.5 Å². The molecule has 0 unspecified atom stereocenters. The molecule has 0 saturated heterocycles. The molecule has 0 aliphatic carbocycles. The molecule has 0 aromatic carbocycles. The van der Waals surface area contributed by atoms with Crippen molar-refractivity contribution >= 4 is 5.82 Å². The lowest BCUT2D eigenvalue weighted by molar-refractivity contribution is -0.0500. The molecule has 0 amide bonds. The zero-order chi connectivity index (χ0) is 13.2. The van der Waals surface area contributed by atoms with E-state index in [1.807, 2.05) is 9.58 Å². The van der Waals surface area contributed by atoms with Crippen molar-refractivity contribution in [1.82, 2.24) is 20.0 Å². The Hall–Kier alpha value is -2.25. The number of hydrogen-bond acceptors (Lipinski definition) is 5. The van der Waals surface area contributed by atoms with Crippen LogP contribution in [0, 0.1) is 0 Å². The van der Waals surface area contributed by atoms with Gasteiger partial charge in [0.05, 0.1) is 31.2 Å². The number of fused-ring (bicyclic) bond motifs is 1. The van der Waals surface area contributed by atoms with Gasteiger partial charge >= 0.3 is 6.61 Å². The number of ether oxygens (including phenoxy) is 1. The lowest BCUT2D eigenvalue weighted by atomic mass is 10.3. The van der Waals surface area contributed by atoms with Crippen molar-refractivity contribution in [3.05, 3.63) is 30.2 Å². The summed E-state index contributed by atoms with van der Waals surface area (Å²) in [4.78, 5) is 6.16. The Bertz CT molecular complexity index is 556. The van der Waals surface area contributed by atoms with Gasteiger partial charge in [-0.3, -0.25) is 0 Å². The summed E-state index contributed by atoms with van der Waals surface area (Å²) < 4.78 is 30.2. The Balaban J connectivity index is 1.73. The van der Waals surface area contributed by atoms with Gasteiger partial charge in [0.25, 0.3) is 0 Å². The largest absolute Gasteiger partial charge is 0.433 e. The van der Waals surface area contributed by atoms with E-state index in [1.165, 1.54) is 12.3 Å². The van der Waals surface area contributed by atoms with Gasteiger partial charge in [-0.05, 0) is 12.1 Å². The van der Waals surface area contributed by atoms with E-state index in [0.717, 1.165) is 18.8 Å². The minimum absolute atomic E-state index is 0.0578. The third-order valence-corrected chi connectivity index (χ3v) is 2.90. The number of anilines is 1. The highest BCUT2D eigenvalue weighted by Crippen LogP contribution is 2.21. The average molecular weight is 267 g/mol. The van der Waals surface area contributed by atoms with E-state index in [0.29, 0.717) is 12.4 Å². The minimum Gasteiger partial charge on any atom is -0.433 e. The van der Waals surface area contributed by atoms with Crippen molar-refractivity contribution in [2.24, 2.45) is 0 Å². The number of nitrogens with zero attached hydrogens (tertiary/aromatic N) is 5. The number of pyridine rings is 1. The van der Waals surface area contributed by atoms with Crippen molar-refractivity contribution in [2.45, 2.75) is 19.7 Å². The Labute approximate surface area is 107 Å². The van der Waals surface area contributed by atoms with Crippen LogP contribution in [-0.4, -0.2) is 33.1 Å². The molecule has 0 bridgehead atoms. The smallest absolute Gasteiger partial charge is 0.387 e. The van der Waals surface area contributed by atoms with Gasteiger partial charge in [0.2, 0.25) is 0 Å². The van der Waals surface area contributed by atoms with Crippen molar-refractivity contribution in [1.29, 1.82) is 0 Å². The van der Waals surface area contributed by atoms with Crippen LogP contribution < -0.4 is 9.64 Å². The van der Waals surface area contributed by atoms with Crippen LogP contribution in [-0.2, 0) is 13.1 Å². The van der Waals surface area contributed by atoms with E-state index < -0.39 is 6.61 Å². The summed E-state index contributed by atoms with van der Waals surface area (Å²) in [7, 11) is 0. The monoisotopic (exact) mass is 267 g/mol. The summed E-state index contributed by atoms with van der Waals surface area (Å²) in [5, 5.41) is 7.79. The first-order chi connectivity index (χ1) is 9.22. The number of hydrogen-bond donors (Lipinski definition) is 0. The zero-order valence-electron chi connectivity index (χ0n) is 9.91. The van der Waals surface area contributed by atoms with Gasteiger partial charge in [-0.2, -0.15) is 8.78 Å². The van der Waals surface area contributed by atoms with Crippen LogP contribution in [0.3, 0.4) is 0 Å². The maximum Gasteiger partial charge on any atom is 0.387 e. The van der Waals surface area contributed by atoms with Crippen molar-refractivity contribution < 1.29 is 13.5 Å². The van der Waals surface area contributed by atoms with Gasteiger partial charge in [-0.25, -0.2) is 9.67 Å². The molecule has 1 aliphatic heterocycles. The van der Waals surface area contributed by atoms with E-state index in [1.54, 1.807) is 12.3 Å². The van der Waals surface area contributed by atoms with Gasteiger partial charge in [-0.15, -0.1) is 5.10 Å². The van der Waals surface area contributed by atoms with E-state index in [4.69, 9.17) is 0 Å². The first kappa shape index (κ1) is 11.8. The summed E-state index contributed by atoms with van der Waals surface area (Å²) in [5.74, 6) is 0.775. The second-order valence-electron chi connectivity index (χ2n) is 4.10. The van der Waals surface area contributed by atoms with Gasteiger partial charge in [0.1, 0.15) is 11.6 Å². The molecule has 3 heterocycles. The lowest BCUT2D eigenvalue weighted by Gasteiger charge is -2.28. The highest BCUT2D eigenvalue weighted by Gasteiger charge is 2.18. The van der Waals surface area contributed by atoms with Crippen LogP contribution in [0.2, 0.25) is 0 Å². The lowest BCUT2D eigenvalue weighted by Crippen LogP contribution is -2.34. The second kappa shape index (κ2) is 4.79. The number of aromatic nitrogens is 4. The van der Waals surface area contributed by atoms with Crippen LogP contribution in [0.25, 0.3) is 0 Å². The van der Waals surface area contributed by atoms with Gasteiger partial charge in [0, 0.05) is 6.54 Å². The predicted octanol–water partition coefficient (Wildman–Crippen LogP) is 1.29. The fourth-order valence-electron chi connectivity index (χ4n) is 2.01. The predicted molar refractivity (Wildman–Crippen MR) is 61.9 cm³/mol. The topological polar surface area (TPSA) is 56.1 Å². The first-order valence-corrected chi connectivity index (χ1v) is 5.75. The second-order valence-corrected chi connectivity index (χ2v) is 4.10. The third kappa shape index (κ3) is 2.47. The molecule has 0 saturated carbocycles. The summed E-state index contributed by atoms with van der Waals surface area (Å²) in [6, 6.07) is 3.15. The quantitative estimate of drug-likeness (QED) is 0.838. The van der Waals surface area contributed by atoms with E-state index in [2.05, 4.69) is 20.0 Å². The van der Waals surface area contributed by atoms with Crippen molar-refractivity contribution in [2.75, 3.05) is 11.4 Å². The Morgan fingerprint density at radius 1 is 1.21 bits per heavy atom. The summed E-state index contributed by atoms with van der Waals surface area (Å²) >= 11 is 0. The SMILES string of the molecule is FC(F)Oc1ccc(N2CCn3nncc3C2)nc1. The van der Waals surface area contributed by atoms with Crippen molar-refractivity contribution in [3.8, 4) is 5.75 Å². The third-order valence-electron chi connectivity index (χ3n) is 2.90. The van der Waals surface area contributed by atoms with Gasteiger partial charge in [0.15, 0.2) is 0 Å². The molecule has 2 aromatic rings. The number of alkyl halides is 2. The highest BCUT2D eigenvalue weighted by molar-refractivity contribution is 5.41. The van der Waals surface area contributed by atoms with E-state index in [9.17, 15) is 8.78 Å². The molecule has 0 radical (unpaired) electrons. The molecule has 2 aromatic heterocycles. The molecule has 1 aliphatic rings. The van der Waals surface area contributed by atoms with Crippen LogP contribution in [0.4, 0.5) is 14.6 Å².